The summed E-state index contributed by atoms with van der Waals surface area (Å²) in [4.78, 5) is 77.4. The second kappa shape index (κ2) is 19.0. The summed E-state index contributed by atoms with van der Waals surface area (Å²) in [5, 5.41) is 14.0. The third-order valence-corrected chi connectivity index (χ3v) is 9.54. The van der Waals surface area contributed by atoms with Gasteiger partial charge in [-0.25, -0.2) is 4.79 Å². The van der Waals surface area contributed by atoms with Crippen molar-refractivity contribution in [1.82, 2.24) is 30.5 Å². The molecule has 17 nitrogen and oxygen atoms in total. The lowest BCUT2D eigenvalue weighted by atomic mass is 10.1. The van der Waals surface area contributed by atoms with Crippen molar-refractivity contribution in [3.8, 4) is 6.01 Å². The minimum atomic E-state index is -4.65. The Labute approximate surface area is 345 Å². The molecular weight excluding hydrogens is 815 g/mol. The molecule has 0 radical (unpaired) electrons. The van der Waals surface area contributed by atoms with Crippen molar-refractivity contribution in [2.45, 2.75) is 37.0 Å². The highest BCUT2D eigenvalue weighted by atomic mass is 35.5. The third kappa shape index (κ3) is 11.8. The van der Waals surface area contributed by atoms with Crippen LogP contribution in [0.25, 0.3) is 0 Å². The number of halogens is 4. The van der Waals surface area contributed by atoms with E-state index in [-0.39, 0.29) is 42.0 Å². The summed E-state index contributed by atoms with van der Waals surface area (Å²) >= 11 is 6.04. The fourth-order valence-corrected chi connectivity index (χ4v) is 6.11. The zero-order valence-corrected chi connectivity index (χ0v) is 32.7. The van der Waals surface area contributed by atoms with Crippen molar-refractivity contribution in [3.05, 3.63) is 94.5 Å². The first-order chi connectivity index (χ1) is 28.7. The predicted molar refractivity (Wildman–Crippen MR) is 210 cm³/mol. The molecule has 1 atom stereocenters. The Bertz CT molecular complexity index is 2190. The van der Waals surface area contributed by atoms with Crippen LogP contribution in [0.2, 0.25) is 5.02 Å². The molecule has 2 heterocycles. The Morgan fingerprint density at radius 1 is 0.850 bits per heavy atom. The van der Waals surface area contributed by atoms with Crippen LogP contribution in [-0.4, -0.2) is 108 Å². The number of aromatic nitrogens is 3. The molecule has 21 heteroatoms. The summed E-state index contributed by atoms with van der Waals surface area (Å²) in [5.41, 5.74) is 1.46. The molecule has 1 aliphatic carbocycles. The number of alkyl halides is 3. The Morgan fingerprint density at radius 2 is 1.48 bits per heavy atom. The zero-order chi connectivity index (χ0) is 42.9. The molecule has 0 spiro atoms. The number of methoxy groups -OCH3 is 1. The Balaban J connectivity index is 1.02. The number of benzene rings is 3. The molecule has 2 aliphatic rings. The van der Waals surface area contributed by atoms with Gasteiger partial charge >= 0.3 is 30.0 Å². The summed E-state index contributed by atoms with van der Waals surface area (Å²) in [6.45, 7) is 0.0260. The van der Waals surface area contributed by atoms with E-state index in [1.54, 1.807) is 17.0 Å². The lowest BCUT2D eigenvalue weighted by Gasteiger charge is -2.26. The van der Waals surface area contributed by atoms with Crippen molar-refractivity contribution in [1.29, 1.82) is 0 Å². The molecule has 0 bridgehead atoms. The van der Waals surface area contributed by atoms with Crippen molar-refractivity contribution in [2.24, 2.45) is 0 Å². The van der Waals surface area contributed by atoms with Gasteiger partial charge in [-0.15, -0.1) is 0 Å². The normalized spacial score (nSPS) is 14.8. The van der Waals surface area contributed by atoms with Gasteiger partial charge in [0.1, 0.15) is 6.04 Å². The number of hydrogen-bond donors (Lipinski definition) is 5. The molecule has 1 saturated carbocycles. The van der Waals surface area contributed by atoms with Gasteiger partial charge in [0, 0.05) is 47.2 Å². The van der Waals surface area contributed by atoms with Crippen LogP contribution in [0, 0.1) is 0 Å². The largest absolute Gasteiger partial charge is 0.467 e. The molecule has 6 rings (SSSR count). The van der Waals surface area contributed by atoms with Crippen LogP contribution >= 0.6 is 11.6 Å². The van der Waals surface area contributed by atoms with E-state index in [0.717, 1.165) is 12.7 Å². The number of anilines is 4. The fourth-order valence-electron chi connectivity index (χ4n) is 5.98. The average molecular weight is 854 g/mol. The highest BCUT2D eigenvalue weighted by Gasteiger charge is 2.45. The van der Waals surface area contributed by atoms with Crippen molar-refractivity contribution in [2.75, 3.05) is 62.5 Å². The molecule has 1 aromatic heterocycles. The topological polar surface area (TPSA) is 215 Å². The maximum absolute atomic E-state index is 13.1. The van der Waals surface area contributed by atoms with E-state index in [0.29, 0.717) is 55.4 Å². The number of rotatable bonds is 15. The van der Waals surface area contributed by atoms with Gasteiger partial charge < -0.3 is 45.7 Å². The van der Waals surface area contributed by atoms with E-state index in [9.17, 15) is 37.1 Å². The summed E-state index contributed by atoms with van der Waals surface area (Å²) in [6, 6.07) is 17.1. The van der Waals surface area contributed by atoms with Gasteiger partial charge in [-0.1, -0.05) is 23.7 Å². The van der Waals surface area contributed by atoms with E-state index in [2.05, 4.69) is 41.5 Å². The van der Waals surface area contributed by atoms with Crippen LogP contribution < -0.4 is 31.3 Å². The van der Waals surface area contributed by atoms with E-state index >= 15 is 0 Å². The Kier molecular flexibility index (Phi) is 13.6. The number of nitrogens with one attached hydrogen (secondary N) is 5. The monoisotopic (exact) mass is 853 g/mol. The molecule has 4 aromatic rings. The number of esters is 1. The molecule has 4 amide bonds. The van der Waals surface area contributed by atoms with Crippen LogP contribution in [-0.2, 0) is 29.4 Å². The number of hydrogen-bond acceptors (Lipinski definition) is 13. The first-order valence-corrected chi connectivity index (χ1v) is 18.9. The molecular formula is C39H39ClF3N9O8. The average Bonchev–Trinajstić information content (AvgIpc) is 4.02. The molecule has 60 heavy (non-hydrogen) atoms. The first-order valence-electron chi connectivity index (χ1n) is 18.5. The molecule has 316 valence electrons. The highest BCUT2D eigenvalue weighted by Crippen LogP contribution is 2.48. The number of nitrogens with zero attached hydrogens (tertiary/aromatic N) is 4. The van der Waals surface area contributed by atoms with Crippen LogP contribution in [0.15, 0.2) is 72.8 Å². The predicted octanol–water partition coefficient (Wildman–Crippen LogP) is 4.20. The van der Waals surface area contributed by atoms with E-state index in [1.165, 1.54) is 48.5 Å². The minimum Gasteiger partial charge on any atom is -0.467 e. The van der Waals surface area contributed by atoms with Crippen LogP contribution in [0.5, 0.6) is 6.01 Å². The van der Waals surface area contributed by atoms with Gasteiger partial charge in [0.2, 0.25) is 11.9 Å². The van der Waals surface area contributed by atoms with Gasteiger partial charge in [0.05, 0.1) is 25.9 Å². The van der Waals surface area contributed by atoms with Crippen LogP contribution in [0.4, 0.5) is 36.4 Å². The van der Waals surface area contributed by atoms with Gasteiger partial charge in [0.15, 0.2) is 6.61 Å². The van der Waals surface area contributed by atoms with E-state index in [4.69, 9.17) is 25.8 Å². The van der Waals surface area contributed by atoms with Gasteiger partial charge in [-0.3, -0.25) is 19.2 Å². The maximum atomic E-state index is 13.1. The third-order valence-electron chi connectivity index (χ3n) is 9.28. The number of morpholine rings is 1. The summed E-state index contributed by atoms with van der Waals surface area (Å²) in [7, 11) is 1.12. The number of ether oxygens (including phenoxy) is 3. The molecule has 0 unspecified atom stereocenters. The van der Waals surface area contributed by atoms with Gasteiger partial charge in [-0.2, -0.15) is 28.1 Å². The first kappa shape index (κ1) is 43.0. The van der Waals surface area contributed by atoms with E-state index in [1.807, 2.05) is 12.1 Å². The van der Waals surface area contributed by atoms with Crippen molar-refractivity contribution in [3.63, 3.8) is 0 Å². The van der Waals surface area contributed by atoms with Crippen molar-refractivity contribution < 1.29 is 51.4 Å². The smallest absolute Gasteiger partial charge is 0.422 e. The second-order valence-corrected chi connectivity index (χ2v) is 14.1. The molecule has 1 saturated heterocycles. The van der Waals surface area contributed by atoms with Crippen LogP contribution in [0.1, 0.15) is 45.5 Å². The standard InChI is InChI=1S/C39H39ClF3N9O8/c1-58-34(57)29(14-17-44-31(54)32(55)45-27-12-4-24(5-13-27)33(56)52-18-20-59-21-19-52)47-30(53)23-2-10-28(11-3-23)46-35-48-36(50-37(49-35)60-22-39(41,42)43)51-38(15-16-38)25-6-8-26(40)9-7-25/h2-13,29H,14-22H2,1H3,(H,44,54)(H,45,55)(H,47,53)(H2,46,48,49,50,51)/t29-/m0/s1. The quantitative estimate of drug-likeness (QED) is 0.0839. The number of carbonyl (C=O) groups is 5. The Morgan fingerprint density at radius 3 is 2.12 bits per heavy atom. The van der Waals surface area contributed by atoms with Gasteiger partial charge in [-0.05, 0) is 85.5 Å². The molecule has 1 aliphatic heterocycles. The maximum Gasteiger partial charge on any atom is 0.422 e. The second-order valence-electron chi connectivity index (χ2n) is 13.6. The zero-order valence-electron chi connectivity index (χ0n) is 31.9. The highest BCUT2D eigenvalue weighted by molar-refractivity contribution is 6.39. The lowest BCUT2D eigenvalue weighted by Crippen LogP contribution is -2.44. The number of amides is 4. The summed E-state index contributed by atoms with van der Waals surface area (Å²) in [5.74, 6) is -3.85. The van der Waals surface area contributed by atoms with Gasteiger partial charge in [0.25, 0.3) is 11.8 Å². The number of carbonyl (C=O) groups excluding carboxylic acids is 5. The summed E-state index contributed by atoms with van der Waals surface area (Å²) < 4.78 is 53.9. The molecule has 2 fully saturated rings. The molecule has 3 aromatic carbocycles. The summed E-state index contributed by atoms with van der Waals surface area (Å²) in [6.07, 6.45) is -3.38. The SMILES string of the molecule is COC(=O)[C@H](CCNC(=O)C(=O)Nc1ccc(C(=O)N2CCOCC2)cc1)NC(=O)c1ccc(Nc2nc(NC3(c4ccc(Cl)cc4)CC3)nc(OCC(F)(F)F)n2)cc1. The van der Waals surface area contributed by atoms with E-state index < -0.39 is 54.1 Å². The molecule has 5 N–H and O–H groups in total. The Hall–Kier alpha value is -6.54. The minimum absolute atomic E-state index is 0.0393. The van der Waals surface area contributed by atoms with Crippen molar-refractivity contribution >= 4 is 64.5 Å². The lowest BCUT2D eigenvalue weighted by molar-refractivity contribution is -0.154. The fraction of sp³-hybridized carbons (Fsp3) is 0.333. The van der Waals surface area contributed by atoms with Crippen LogP contribution in [0.3, 0.4) is 0 Å².